The first kappa shape index (κ1) is 15.2. The van der Waals surface area contributed by atoms with Gasteiger partial charge >= 0.3 is 5.97 Å². The van der Waals surface area contributed by atoms with Gasteiger partial charge in [0, 0.05) is 5.69 Å². The molecule has 0 radical (unpaired) electrons. The molecular formula is C17H21NO3. The minimum atomic E-state index is -0.371. The van der Waals surface area contributed by atoms with Crippen LogP contribution in [-0.4, -0.2) is 13.1 Å². The van der Waals surface area contributed by atoms with Crippen molar-refractivity contribution in [3.8, 4) is 0 Å². The van der Waals surface area contributed by atoms with Crippen LogP contribution in [0.5, 0.6) is 0 Å². The highest BCUT2D eigenvalue weighted by Crippen LogP contribution is 2.20. The molecule has 21 heavy (non-hydrogen) atoms. The molecule has 0 unspecified atom stereocenters. The highest BCUT2D eigenvalue weighted by Gasteiger charge is 2.15. The van der Waals surface area contributed by atoms with E-state index in [2.05, 4.69) is 31.3 Å². The van der Waals surface area contributed by atoms with E-state index in [0.717, 1.165) is 5.69 Å². The average molecular weight is 287 g/mol. The van der Waals surface area contributed by atoms with E-state index in [9.17, 15) is 4.79 Å². The number of anilines is 1. The summed E-state index contributed by atoms with van der Waals surface area (Å²) in [5.41, 5.74) is 2.80. The number of nitrogens with one attached hydrogen (secondary N) is 1. The summed E-state index contributed by atoms with van der Waals surface area (Å²) in [5.74, 6) is 1.41. The zero-order valence-corrected chi connectivity index (χ0v) is 12.9. The molecule has 0 aliphatic carbocycles. The maximum atomic E-state index is 11.5. The molecule has 0 aliphatic heterocycles. The van der Waals surface area contributed by atoms with Gasteiger partial charge in [0.1, 0.15) is 17.1 Å². The lowest BCUT2D eigenvalue weighted by Crippen LogP contribution is -2.01. The van der Waals surface area contributed by atoms with Crippen LogP contribution in [0.1, 0.15) is 47.2 Å². The van der Waals surface area contributed by atoms with Gasteiger partial charge in [0.15, 0.2) is 0 Å². The standard InChI is InChI=1S/C17H21NO3/c1-11(2)13-6-5-7-14(8-13)18-10-15-9-16(12(3)21-15)17(19)20-4/h5-9,11,18H,10H2,1-4H3. The molecular weight excluding hydrogens is 266 g/mol. The summed E-state index contributed by atoms with van der Waals surface area (Å²) in [5, 5.41) is 3.31. The van der Waals surface area contributed by atoms with Gasteiger partial charge in [-0.05, 0) is 36.6 Å². The summed E-state index contributed by atoms with van der Waals surface area (Å²) in [6, 6.07) is 10.0. The highest BCUT2D eigenvalue weighted by atomic mass is 16.5. The van der Waals surface area contributed by atoms with Crippen molar-refractivity contribution in [2.45, 2.75) is 33.2 Å². The maximum Gasteiger partial charge on any atom is 0.341 e. The van der Waals surface area contributed by atoms with Crippen molar-refractivity contribution < 1.29 is 13.9 Å². The first-order valence-corrected chi connectivity index (χ1v) is 7.02. The smallest absolute Gasteiger partial charge is 0.341 e. The molecule has 0 spiro atoms. The molecule has 1 aromatic carbocycles. The molecule has 0 amide bonds. The van der Waals surface area contributed by atoms with Gasteiger partial charge in [-0.1, -0.05) is 26.0 Å². The van der Waals surface area contributed by atoms with Gasteiger partial charge in [0.2, 0.25) is 0 Å². The summed E-state index contributed by atoms with van der Waals surface area (Å²) in [6.45, 7) is 6.61. The lowest BCUT2D eigenvalue weighted by Gasteiger charge is -2.09. The Morgan fingerprint density at radius 3 is 2.76 bits per heavy atom. The van der Waals surface area contributed by atoms with E-state index in [4.69, 9.17) is 9.15 Å². The third kappa shape index (κ3) is 3.66. The zero-order chi connectivity index (χ0) is 15.4. The summed E-state index contributed by atoms with van der Waals surface area (Å²) < 4.78 is 10.3. The molecule has 0 saturated heterocycles. The predicted octanol–water partition coefficient (Wildman–Crippen LogP) is 4.11. The van der Waals surface area contributed by atoms with E-state index >= 15 is 0 Å². The van der Waals surface area contributed by atoms with Crippen molar-refractivity contribution in [3.63, 3.8) is 0 Å². The Morgan fingerprint density at radius 1 is 1.33 bits per heavy atom. The fourth-order valence-corrected chi connectivity index (χ4v) is 2.14. The van der Waals surface area contributed by atoms with Crippen molar-refractivity contribution in [2.75, 3.05) is 12.4 Å². The van der Waals surface area contributed by atoms with Crippen LogP contribution in [0.15, 0.2) is 34.7 Å². The van der Waals surface area contributed by atoms with Gasteiger partial charge in [0.05, 0.1) is 13.7 Å². The van der Waals surface area contributed by atoms with Gasteiger partial charge in [-0.3, -0.25) is 0 Å². The summed E-state index contributed by atoms with van der Waals surface area (Å²) >= 11 is 0. The van der Waals surface area contributed by atoms with Crippen LogP contribution in [0.2, 0.25) is 0 Å². The quantitative estimate of drug-likeness (QED) is 0.841. The number of benzene rings is 1. The molecule has 4 heteroatoms. The second-order valence-corrected chi connectivity index (χ2v) is 5.31. The number of carbonyl (C=O) groups excluding carboxylic acids is 1. The fourth-order valence-electron chi connectivity index (χ4n) is 2.14. The fraction of sp³-hybridized carbons (Fsp3) is 0.353. The highest BCUT2D eigenvalue weighted by molar-refractivity contribution is 5.90. The van der Waals surface area contributed by atoms with Crippen LogP contribution in [0.4, 0.5) is 5.69 Å². The molecule has 0 atom stereocenters. The monoisotopic (exact) mass is 287 g/mol. The van der Waals surface area contributed by atoms with Crippen LogP contribution in [-0.2, 0) is 11.3 Å². The minimum Gasteiger partial charge on any atom is -0.465 e. The molecule has 0 fully saturated rings. The minimum absolute atomic E-state index is 0.371. The Labute approximate surface area is 125 Å². The second kappa shape index (κ2) is 6.48. The van der Waals surface area contributed by atoms with Crippen LogP contribution >= 0.6 is 0 Å². The molecule has 4 nitrogen and oxygen atoms in total. The number of carbonyl (C=O) groups is 1. The van der Waals surface area contributed by atoms with E-state index in [1.807, 2.05) is 12.1 Å². The Kier molecular flexibility index (Phi) is 4.68. The van der Waals surface area contributed by atoms with Crippen molar-refractivity contribution in [1.82, 2.24) is 0 Å². The first-order valence-electron chi connectivity index (χ1n) is 7.02. The van der Waals surface area contributed by atoms with Gasteiger partial charge in [0.25, 0.3) is 0 Å². The van der Waals surface area contributed by atoms with Crippen molar-refractivity contribution in [1.29, 1.82) is 0 Å². The van der Waals surface area contributed by atoms with Crippen LogP contribution < -0.4 is 5.32 Å². The molecule has 112 valence electrons. The van der Waals surface area contributed by atoms with E-state index in [-0.39, 0.29) is 5.97 Å². The largest absolute Gasteiger partial charge is 0.465 e. The average Bonchev–Trinajstić information content (AvgIpc) is 2.85. The molecule has 0 saturated carbocycles. The van der Waals surface area contributed by atoms with E-state index in [1.54, 1.807) is 13.0 Å². The third-order valence-electron chi connectivity index (χ3n) is 3.39. The number of esters is 1. The molecule has 1 aromatic heterocycles. The summed E-state index contributed by atoms with van der Waals surface area (Å²) in [7, 11) is 1.37. The first-order chi connectivity index (χ1) is 10.0. The summed E-state index contributed by atoms with van der Waals surface area (Å²) in [4.78, 5) is 11.5. The SMILES string of the molecule is COC(=O)c1cc(CNc2cccc(C(C)C)c2)oc1C. The number of methoxy groups -OCH3 is 1. The lowest BCUT2D eigenvalue weighted by molar-refractivity contribution is 0.0599. The Morgan fingerprint density at radius 2 is 2.10 bits per heavy atom. The molecule has 0 aliphatic rings. The van der Waals surface area contributed by atoms with E-state index in [0.29, 0.717) is 29.5 Å². The maximum absolute atomic E-state index is 11.5. The number of furan rings is 1. The van der Waals surface area contributed by atoms with Crippen LogP contribution in [0, 0.1) is 6.92 Å². The molecule has 2 rings (SSSR count). The Hall–Kier alpha value is -2.23. The van der Waals surface area contributed by atoms with Crippen molar-refractivity contribution >= 4 is 11.7 Å². The van der Waals surface area contributed by atoms with Crippen LogP contribution in [0.3, 0.4) is 0 Å². The normalized spacial score (nSPS) is 10.7. The zero-order valence-electron chi connectivity index (χ0n) is 12.9. The van der Waals surface area contributed by atoms with E-state index < -0.39 is 0 Å². The molecule has 1 heterocycles. The van der Waals surface area contributed by atoms with Crippen molar-refractivity contribution in [2.24, 2.45) is 0 Å². The number of aryl methyl sites for hydroxylation is 1. The second-order valence-electron chi connectivity index (χ2n) is 5.31. The van der Waals surface area contributed by atoms with E-state index in [1.165, 1.54) is 12.7 Å². The Balaban J connectivity index is 2.06. The third-order valence-corrected chi connectivity index (χ3v) is 3.39. The number of rotatable bonds is 5. The molecule has 2 aromatic rings. The van der Waals surface area contributed by atoms with Gasteiger partial charge in [-0.25, -0.2) is 4.79 Å². The van der Waals surface area contributed by atoms with Crippen molar-refractivity contribution in [3.05, 3.63) is 53.0 Å². The predicted molar refractivity (Wildman–Crippen MR) is 82.6 cm³/mol. The van der Waals surface area contributed by atoms with Crippen LogP contribution in [0.25, 0.3) is 0 Å². The Bertz CT molecular complexity index is 629. The molecule has 0 bridgehead atoms. The van der Waals surface area contributed by atoms with Gasteiger partial charge < -0.3 is 14.5 Å². The van der Waals surface area contributed by atoms with Gasteiger partial charge in [-0.2, -0.15) is 0 Å². The number of ether oxygens (including phenoxy) is 1. The topological polar surface area (TPSA) is 51.5 Å². The lowest BCUT2D eigenvalue weighted by atomic mass is 10.0. The number of hydrogen-bond donors (Lipinski definition) is 1. The summed E-state index contributed by atoms with van der Waals surface area (Å²) in [6.07, 6.45) is 0. The van der Waals surface area contributed by atoms with Gasteiger partial charge in [-0.15, -0.1) is 0 Å². The number of hydrogen-bond acceptors (Lipinski definition) is 4. The molecule has 1 N–H and O–H groups in total.